The third-order valence-electron chi connectivity index (χ3n) is 3.77. The number of benzene rings is 1. The minimum absolute atomic E-state index is 0.0640. The van der Waals surface area contributed by atoms with Crippen molar-refractivity contribution in [2.75, 3.05) is 30.0 Å². The lowest BCUT2D eigenvalue weighted by Gasteiger charge is -2.37. The maximum absolute atomic E-state index is 12.6. The summed E-state index contributed by atoms with van der Waals surface area (Å²) in [4.78, 5) is 14.4. The monoisotopic (exact) mass is 288 g/mol. The summed E-state index contributed by atoms with van der Waals surface area (Å²) in [6, 6.07) is 3.55. The van der Waals surface area contributed by atoms with Gasteiger partial charge in [0.25, 0.3) is 0 Å². The first-order valence-corrected chi connectivity index (χ1v) is 7.24. The number of carbonyl (C=O) groups is 1. The number of fused-ring (bicyclic) bond motifs is 2. The quantitative estimate of drug-likeness (QED) is 0.868. The van der Waals surface area contributed by atoms with E-state index in [0.717, 1.165) is 17.1 Å². The molecule has 0 bridgehead atoms. The maximum atomic E-state index is 12.6. The third kappa shape index (κ3) is 2.33. The number of ether oxygens (including phenoxy) is 2. The van der Waals surface area contributed by atoms with Crippen molar-refractivity contribution < 1.29 is 14.3 Å². The van der Waals surface area contributed by atoms with Crippen LogP contribution in [0.4, 0.5) is 11.4 Å². The van der Waals surface area contributed by atoms with Gasteiger partial charge in [-0.1, -0.05) is 19.9 Å². The number of hydrogen-bond donors (Lipinski definition) is 1. The zero-order chi connectivity index (χ0) is 15.0. The van der Waals surface area contributed by atoms with E-state index in [1.165, 1.54) is 0 Å². The standard InChI is InChI=1S/C16H20N2O3/c1-4-5-18-12-9-14-13(20-6-7-21-14)8-11(12)17-15(10(2)3)16(18)19/h4,8-10,15,17H,1,5-7H2,2-3H3. The van der Waals surface area contributed by atoms with Crippen LogP contribution in [0.2, 0.25) is 0 Å². The zero-order valence-electron chi connectivity index (χ0n) is 12.4. The highest BCUT2D eigenvalue weighted by atomic mass is 16.6. The summed E-state index contributed by atoms with van der Waals surface area (Å²) < 4.78 is 11.2. The van der Waals surface area contributed by atoms with Gasteiger partial charge in [-0.25, -0.2) is 0 Å². The van der Waals surface area contributed by atoms with Crippen molar-refractivity contribution in [1.29, 1.82) is 0 Å². The predicted octanol–water partition coefficient (Wildman–Crippen LogP) is 2.43. The summed E-state index contributed by atoms with van der Waals surface area (Å²) in [5, 5.41) is 3.32. The van der Waals surface area contributed by atoms with E-state index in [9.17, 15) is 4.79 Å². The highest BCUT2D eigenvalue weighted by Crippen LogP contribution is 2.42. The van der Waals surface area contributed by atoms with Crippen LogP contribution in [0.25, 0.3) is 0 Å². The molecule has 1 amide bonds. The molecule has 3 rings (SSSR count). The van der Waals surface area contributed by atoms with Gasteiger partial charge in [-0.05, 0) is 5.92 Å². The summed E-state index contributed by atoms with van der Waals surface area (Å²) >= 11 is 0. The Kier molecular flexibility index (Phi) is 3.49. The van der Waals surface area contributed by atoms with Crippen molar-refractivity contribution in [3.05, 3.63) is 24.8 Å². The van der Waals surface area contributed by atoms with Crippen LogP contribution in [-0.4, -0.2) is 31.7 Å². The van der Waals surface area contributed by atoms with Crippen molar-refractivity contribution in [3.8, 4) is 11.5 Å². The molecule has 1 unspecified atom stereocenters. The first-order chi connectivity index (χ1) is 10.1. The Hall–Kier alpha value is -2.17. The van der Waals surface area contributed by atoms with E-state index < -0.39 is 0 Å². The highest BCUT2D eigenvalue weighted by Gasteiger charge is 2.35. The van der Waals surface area contributed by atoms with E-state index in [-0.39, 0.29) is 17.9 Å². The van der Waals surface area contributed by atoms with Crippen LogP contribution in [0.5, 0.6) is 11.5 Å². The molecule has 0 saturated heterocycles. The Balaban J connectivity index is 2.07. The Morgan fingerprint density at radius 1 is 1.38 bits per heavy atom. The zero-order valence-corrected chi connectivity index (χ0v) is 12.4. The lowest BCUT2D eigenvalue weighted by Crippen LogP contribution is -2.49. The van der Waals surface area contributed by atoms with Gasteiger partial charge >= 0.3 is 0 Å². The largest absolute Gasteiger partial charge is 0.486 e. The molecule has 21 heavy (non-hydrogen) atoms. The van der Waals surface area contributed by atoms with Crippen molar-refractivity contribution >= 4 is 17.3 Å². The molecule has 112 valence electrons. The lowest BCUT2D eigenvalue weighted by molar-refractivity contribution is -0.120. The van der Waals surface area contributed by atoms with Gasteiger partial charge in [-0.3, -0.25) is 4.79 Å². The van der Waals surface area contributed by atoms with Crippen molar-refractivity contribution in [2.45, 2.75) is 19.9 Å². The molecule has 1 aromatic rings. The van der Waals surface area contributed by atoms with Gasteiger partial charge in [0.2, 0.25) is 5.91 Å². The van der Waals surface area contributed by atoms with Gasteiger partial charge in [0.15, 0.2) is 11.5 Å². The normalized spacial score (nSPS) is 20.0. The fraction of sp³-hybridized carbons (Fsp3) is 0.438. The second kappa shape index (κ2) is 5.31. The molecule has 2 heterocycles. The highest BCUT2D eigenvalue weighted by molar-refractivity contribution is 6.05. The van der Waals surface area contributed by atoms with E-state index in [1.54, 1.807) is 11.0 Å². The Morgan fingerprint density at radius 3 is 2.67 bits per heavy atom. The second-order valence-corrected chi connectivity index (χ2v) is 5.62. The van der Waals surface area contributed by atoms with Crippen LogP contribution < -0.4 is 19.7 Å². The molecule has 1 N–H and O–H groups in total. The number of nitrogens with zero attached hydrogens (tertiary/aromatic N) is 1. The average Bonchev–Trinajstić information content (AvgIpc) is 2.48. The molecule has 0 radical (unpaired) electrons. The SMILES string of the molecule is C=CCN1C(=O)C(C(C)C)Nc2cc3c(cc21)OCCO3. The van der Waals surface area contributed by atoms with Gasteiger partial charge in [0.05, 0.1) is 11.4 Å². The first-order valence-electron chi connectivity index (χ1n) is 7.24. The fourth-order valence-electron chi connectivity index (χ4n) is 2.70. The molecular weight excluding hydrogens is 268 g/mol. The van der Waals surface area contributed by atoms with Gasteiger partial charge in [0, 0.05) is 18.7 Å². The Morgan fingerprint density at radius 2 is 2.05 bits per heavy atom. The van der Waals surface area contributed by atoms with Crippen molar-refractivity contribution in [2.24, 2.45) is 5.92 Å². The number of nitrogens with one attached hydrogen (secondary N) is 1. The van der Waals surface area contributed by atoms with Gasteiger partial charge in [0.1, 0.15) is 19.3 Å². The van der Waals surface area contributed by atoms with Gasteiger partial charge in [-0.15, -0.1) is 6.58 Å². The Labute approximate surface area is 124 Å². The van der Waals surface area contributed by atoms with Crippen LogP contribution in [0.1, 0.15) is 13.8 Å². The van der Waals surface area contributed by atoms with Crippen molar-refractivity contribution in [1.82, 2.24) is 0 Å². The molecule has 0 saturated carbocycles. The first kappa shape index (κ1) is 13.8. The number of rotatable bonds is 3. The Bertz CT molecular complexity index is 583. The summed E-state index contributed by atoms with van der Waals surface area (Å²) in [7, 11) is 0. The molecule has 0 aliphatic carbocycles. The van der Waals surface area contributed by atoms with Gasteiger partial charge < -0.3 is 19.7 Å². The van der Waals surface area contributed by atoms with E-state index in [0.29, 0.717) is 25.5 Å². The van der Waals surface area contributed by atoms with E-state index in [4.69, 9.17) is 9.47 Å². The topological polar surface area (TPSA) is 50.8 Å². The van der Waals surface area contributed by atoms with Gasteiger partial charge in [-0.2, -0.15) is 0 Å². The fourth-order valence-corrected chi connectivity index (χ4v) is 2.70. The van der Waals surface area contributed by atoms with E-state index in [2.05, 4.69) is 11.9 Å². The van der Waals surface area contributed by atoms with Crippen LogP contribution in [0, 0.1) is 5.92 Å². The van der Waals surface area contributed by atoms with Crippen LogP contribution >= 0.6 is 0 Å². The molecule has 2 aliphatic rings. The molecule has 2 aliphatic heterocycles. The number of hydrogen-bond acceptors (Lipinski definition) is 4. The van der Waals surface area contributed by atoms with Crippen LogP contribution in [-0.2, 0) is 4.79 Å². The molecule has 1 atom stereocenters. The minimum atomic E-state index is -0.236. The maximum Gasteiger partial charge on any atom is 0.250 e. The molecule has 5 heteroatoms. The van der Waals surface area contributed by atoms with Crippen molar-refractivity contribution in [3.63, 3.8) is 0 Å². The summed E-state index contributed by atoms with van der Waals surface area (Å²) in [5.74, 6) is 1.68. The molecule has 0 spiro atoms. The number of amides is 1. The molecule has 0 aromatic heterocycles. The summed E-state index contributed by atoms with van der Waals surface area (Å²) in [6.07, 6.45) is 1.74. The molecule has 1 aromatic carbocycles. The summed E-state index contributed by atoms with van der Waals surface area (Å²) in [6.45, 7) is 9.38. The number of anilines is 2. The minimum Gasteiger partial charge on any atom is -0.486 e. The molecule has 0 fully saturated rings. The van der Waals surface area contributed by atoms with Crippen LogP contribution in [0.3, 0.4) is 0 Å². The van der Waals surface area contributed by atoms with E-state index in [1.807, 2.05) is 26.0 Å². The summed E-state index contributed by atoms with van der Waals surface area (Å²) in [5.41, 5.74) is 1.72. The van der Waals surface area contributed by atoms with Crippen LogP contribution in [0.15, 0.2) is 24.8 Å². The third-order valence-corrected chi connectivity index (χ3v) is 3.77. The molecular formula is C16H20N2O3. The molecule has 5 nitrogen and oxygen atoms in total. The number of carbonyl (C=O) groups excluding carboxylic acids is 1. The second-order valence-electron chi connectivity index (χ2n) is 5.62. The predicted molar refractivity (Wildman–Crippen MR) is 82.2 cm³/mol. The van der Waals surface area contributed by atoms with E-state index >= 15 is 0 Å². The lowest BCUT2D eigenvalue weighted by atomic mass is 9.98. The smallest absolute Gasteiger partial charge is 0.250 e. The average molecular weight is 288 g/mol.